The van der Waals surface area contributed by atoms with Crippen LogP contribution < -0.4 is 15.0 Å². The molecule has 3 heterocycles. The summed E-state index contributed by atoms with van der Waals surface area (Å²) < 4.78 is 48.8. The molecular formula is C20H19BrF3N7O3. The van der Waals surface area contributed by atoms with Gasteiger partial charge >= 0.3 is 6.36 Å². The normalized spacial score (nSPS) is 15.1. The van der Waals surface area contributed by atoms with Crippen LogP contribution in [0.3, 0.4) is 0 Å². The molecule has 0 bridgehead atoms. The molecule has 1 amide bonds. The summed E-state index contributed by atoms with van der Waals surface area (Å²) in [6, 6.07) is 4.47. The van der Waals surface area contributed by atoms with Crippen molar-refractivity contribution in [3.05, 3.63) is 52.5 Å². The van der Waals surface area contributed by atoms with Gasteiger partial charge in [-0.1, -0.05) is 15.9 Å². The fourth-order valence-corrected chi connectivity index (χ4v) is 3.74. The number of rotatable bonds is 6. The van der Waals surface area contributed by atoms with Crippen LogP contribution >= 0.6 is 15.9 Å². The largest absolute Gasteiger partial charge is 0.573 e. The Hall–Kier alpha value is -3.26. The Balaban J connectivity index is 1.60. The monoisotopic (exact) mass is 541 g/mol. The summed E-state index contributed by atoms with van der Waals surface area (Å²) >= 11 is 3.10. The number of halogens is 4. The molecule has 0 radical (unpaired) electrons. The number of anilines is 1. The van der Waals surface area contributed by atoms with E-state index in [1.807, 2.05) is 4.90 Å². The molecule has 0 saturated carbocycles. The lowest BCUT2D eigenvalue weighted by molar-refractivity contribution is -0.274. The number of amides is 1. The summed E-state index contributed by atoms with van der Waals surface area (Å²) in [6.45, 7) is 3.93. The maximum Gasteiger partial charge on any atom is 0.573 e. The third kappa shape index (κ3) is 5.80. The van der Waals surface area contributed by atoms with Crippen LogP contribution in [-0.4, -0.2) is 63.3 Å². The highest BCUT2D eigenvalue weighted by Crippen LogP contribution is 2.28. The molecule has 3 aromatic rings. The molecule has 4 rings (SSSR count). The van der Waals surface area contributed by atoms with Crippen LogP contribution in [0, 0.1) is 0 Å². The molecule has 1 aliphatic heterocycles. The number of benzene rings is 1. The zero-order valence-corrected chi connectivity index (χ0v) is 19.4. The van der Waals surface area contributed by atoms with E-state index in [1.54, 1.807) is 25.4 Å². The molecule has 34 heavy (non-hydrogen) atoms. The zero-order chi connectivity index (χ0) is 24.3. The van der Waals surface area contributed by atoms with Gasteiger partial charge in [0.2, 0.25) is 5.95 Å². The van der Waals surface area contributed by atoms with E-state index in [-0.39, 0.29) is 16.0 Å². The van der Waals surface area contributed by atoms with Gasteiger partial charge in [0.1, 0.15) is 5.75 Å². The van der Waals surface area contributed by atoms with Gasteiger partial charge in [-0.2, -0.15) is 9.67 Å². The molecule has 1 fully saturated rings. The first-order valence-electron chi connectivity index (χ1n) is 10.1. The highest BCUT2D eigenvalue weighted by atomic mass is 79.9. The van der Waals surface area contributed by atoms with Crippen molar-refractivity contribution in [1.82, 2.24) is 30.0 Å². The first-order chi connectivity index (χ1) is 16.2. The summed E-state index contributed by atoms with van der Waals surface area (Å²) in [5.41, 5.74) is -0.0316. The number of hydrogen-bond acceptors (Lipinski definition) is 8. The van der Waals surface area contributed by atoms with E-state index in [0.29, 0.717) is 38.1 Å². The predicted molar refractivity (Wildman–Crippen MR) is 117 cm³/mol. The number of nitrogens with one attached hydrogen (secondary N) is 1. The van der Waals surface area contributed by atoms with Gasteiger partial charge in [-0.15, -0.1) is 18.3 Å². The van der Waals surface area contributed by atoms with E-state index in [1.165, 1.54) is 10.7 Å². The average Bonchev–Trinajstić information content (AvgIpc) is 3.24. The number of aromatic nitrogens is 5. The second-order valence-electron chi connectivity index (χ2n) is 7.25. The van der Waals surface area contributed by atoms with Crippen molar-refractivity contribution in [1.29, 1.82) is 0 Å². The van der Waals surface area contributed by atoms with Crippen molar-refractivity contribution >= 4 is 27.8 Å². The van der Waals surface area contributed by atoms with Gasteiger partial charge in [0, 0.05) is 35.5 Å². The van der Waals surface area contributed by atoms with Crippen LogP contribution in [0.1, 0.15) is 29.1 Å². The van der Waals surface area contributed by atoms with E-state index in [2.05, 4.69) is 46.0 Å². The molecule has 1 saturated heterocycles. The van der Waals surface area contributed by atoms with E-state index >= 15 is 0 Å². The Morgan fingerprint density at radius 1 is 1.18 bits per heavy atom. The van der Waals surface area contributed by atoms with Crippen molar-refractivity contribution in [2.45, 2.75) is 19.3 Å². The third-order valence-corrected chi connectivity index (χ3v) is 5.22. The first-order valence-corrected chi connectivity index (χ1v) is 10.9. The number of ether oxygens (including phenoxy) is 2. The third-order valence-electron chi connectivity index (χ3n) is 4.76. The minimum Gasteiger partial charge on any atom is -0.406 e. The van der Waals surface area contributed by atoms with Crippen molar-refractivity contribution in [2.75, 3.05) is 31.2 Å². The van der Waals surface area contributed by atoms with Crippen molar-refractivity contribution in [2.24, 2.45) is 0 Å². The minimum absolute atomic E-state index is 0.0316. The van der Waals surface area contributed by atoms with Gasteiger partial charge in [0.15, 0.2) is 5.82 Å². The fourth-order valence-electron chi connectivity index (χ4n) is 3.27. The summed E-state index contributed by atoms with van der Waals surface area (Å²) in [4.78, 5) is 27.8. The lowest BCUT2D eigenvalue weighted by Gasteiger charge is -2.25. The van der Waals surface area contributed by atoms with Crippen LogP contribution in [0.4, 0.5) is 19.1 Å². The van der Waals surface area contributed by atoms with Crippen LogP contribution in [0.25, 0.3) is 5.95 Å². The molecule has 0 unspecified atom stereocenters. The molecule has 2 aromatic heterocycles. The maximum atomic E-state index is 12.9. The Morgan fingerprint density at radius 2 is 1.88 bits per heavy atom. The highest BCUT2D eigenvalue weighted by molar-refractivity contribution is 9.10. The van der Waals surface area contributed by atoms with Gasteiger partial charge in [-0.3, -0.25) is 4.79 Å². The van der Waals surface area contributed by atoms with Gasteiger partial charge in [-0.25, -0.2) is 9.97 Å². The summed E-state index contributed by atoms with van der Waals surface area (Å²) in [7, 11) is 0. The highest BCUT2D eigenvalue weighted by Gasteiger charge is 2.32. The Labute approximate surface area is 200 Å². The molecule has 0 aliphatic carbocycles. The SMILES string of the molecule is C[C@H](NC(=O)c1cc(Br)cc(OC(F)(F)F)c1)c1nc(N2CCOCC2)nn1-c1ncccn1. The number of carbonyl (C=O) groups is 1. The smallest absolute Gasteiger partial charge is 0.406 e. The standard InChI is InChI=1S/C20H19BrF3N7O3/c1-12(27-17(32)13-9-14(21)11-15(10-13)34-20(22,23)24)16-28-19(30-5-7-33-8-6-30)29-31(16)18-25-3-2-4-26-18/h2-4,9-12H,5-8H2,1H3,(H,27,32)/t12-/m0/s1. The Bertz CT molecular complexity index is 1150. The second kappa shape index (κ2) is 9.93. The Morgan fingerprint density at radius 3 is 2.56 bits per heavy atom. The molecule has 1 atom stereocenters. The molecule has 14 heteroatoms. The van der Waals surface area contributed by atoms with Crippen LogP contribution in [0.15, 0.2) is 41.1 Å². The first kappa shape index (κ1) is 23.9. The molecule has 1 N–H and O–H groups in total. The number of carbonyl (C=O) groups excluding carboxylic acids is 1. The topological polar surface area (TPSA) is 107 Å². The van der Waals surface area contributed by atoms with E-state index in [4.69, 9.17) is 4.74 Å². The molecular weight excluding hydrogens is 523 g/mol. The summed E-state index contributed by atoms with van der Waals surface area (Å²) in [6.07, 6.45) is -1.78. The molecule has 1 aromatic carbocycles. The van der Waals surface area contributed by atoms with Crippen LogP contribution in [0.2, 0.25) is 0 Å². The Kier molecular flexibility index (Phi) is 6.97. The van der Waals surface area contributed by atoms with E-state index < -0.39 is 24.1 Å². The van der Waals surface area contributed by atoms with E-state index in [0.717, 1.165) is 12.1 Å². The summed E-state index contributed by atoms with van der Waals surface area (Å²) in [5.74, 6) is -0.112. The zero-order valence-electron chi connectivity index (χ0n) is 17.8. The molecule has 180 valence electrons. The van der Waals surface area contributed by atoms with Gasteiger partial charge < -0.3 is 19.7 Å². The number of alkyl halides is 3. The minimum atomic E-state index is -4.89. The predicted octanol–water partition coefficient (Wildman–Crippen LogP) is 3.05. The van der Waals surface area contributed by atoms with E-state index in [9.17, 15) is 18.0 Å². The second-order valence-corrected chi connectivity index (χ2v) is 8.16. The van der Waals surface area contributed by atoms with Crippen molar-refractivity contribution in [3.63, 3.8) is 0 Å². The van der Waals surface area contributed by atoms with Gasteiger partial charge in [0.25, 0.3) is 11.9 Å². The van der Waals surface area contributed by atoms with Gasteiger partial charge in [0.05, 0.1) is 19.3 Å². The van der Waals surface area contributed by atoms with Crippen LogP contribution in [0.5, 0.6) is 5.75 Å². The lowest BCUT2D eigenvalue weighted by atomic mass is 10.2. The quantitative estimate of drug-likeness (QED) is 0.507. The number of morpholine rings is 1. The average molecular weight is 542 g/mol. The van der Waals surface area contributed by atoms with Crippen molar-refractivity contribution < 1.29 is 27.4 Å². The van der Waals surface area contributed by atoms with Gasteiger partial charge in [-0.05, 0) is 31.2 Å². The number of nitrogens with zero attached hydrogens (tertiary/aromatic N) is 6. The fraction of sp³-hybridized carbons (Fsp3) is 0.350. The van der Waals surface area contributed by atoms with Crippen molar-refractivity contribution in [3.8, 4) is 11.7 Å². The molecule has 1 aliphatic rings. The summed E-state index contributed by atoms with van der Waals surface area (Å²) in [5, 5.41) is 7.26. The number of hydrogen-bond donors (Lipinski definition) is 1. The molecule has 10 nitrogen and oxygen atoms in total. The van der Waals surface area contributed by atoms with Crippen LogP contribution in [-0.2, 0) is 4.74 Å². The lowest BCUT2D eigenvalue weighted by Crippen LogP contribution is -2.37. The molecule has 0 spiro atoms. The maximum absolute atomic E-state index is 12.9.